The van der Waals surface area contributed by atoms with Gasteiger partial charge in [0, 0.05) is 22.0 Å². The van der Waals surface area contributed by atoms with Gasteiger partial charge in [0.25, 0.3) is 5.69 Å². The molecule has 0 bridgehead atoms. The van der Waals surface area contributed by atoms with Crippen molar-refractivity contribution in [3.63, 3.8) is 0 Å². The van der Waals surface area contributed by atoms with E-state index in [2.05, 4.69) is 15.5 Å². The Morgan fingerprint density at radius 2 is 1.96 bits per heavy atom. The second kappa shape index (κ2) is 7.20. The normalized spacial score (nSPS) is 10.9. The Bertz CT molecular complexity index is 893. The largest absolute Gasteiger partial charge is 0.278 e. The average Bonchev–Trinajstić information content (AvgIpc) is 3.05. The van der Waals surface area contributed by atoms with E-state index >= 15 is 0 Å². The Balaban J connectivity index is 1.72. The summed E-state index contributed by atoms with van der Waals surface area (Å²) in [5, 5.41) is 18.1. The van der Waals surface area contributed by atoms with Crippen LogP contribution in [0.25, 0.3) is 11.3 Å². The molecule has 0 unspecified atom stereocenters. The number of anilines is 1. The Hall–Kier alpha value is -2.77. The lowest BCUT2D eigenvalue weighted by Gasteiger charge is -1.97. The first-order valence-electron chi connectivity index (χ1n) is 6.87. The Labute approximate surface area is 146 Å². The molecule has 0 radical (unpaired) electrons. The van der Waals surface area contributed by atoms with Crippen LogP contribution in [0.1, 0.15) is 5.56 Å². The third-order valence-electron chi connectivity index (χ3n) is 3.14. The summed E-state index contributed by atoms with van der Waals surface area (Å²) in [5.41, 5.74) is 4.97. The highest BCUT2D eigenvalue weighted by Crippen LogP contribution is 2.26. The zero-order valence-electron chi connectivity index (χ0n) is 12.2. The van der Waals surface area contributed by atoms with Crippen LogP contribution in [0.15, 0.2) is 59.0 Å². The molecule has 3 aromatic rings. The molecule has 0 aliphatic rings. The maximum absolute atomic E-state index is 10.9. The van der Waals surface area contributed by atoms with Crippen LogP contribution in [0.3, 0.4) is 0 Å². The number of nitrogens with zero attached hydrogens (tertiary/aromatic N) is 3. The number of thiazole rings is 1. The van der Waals surface area contributed by atoms with Gasteiger partial charge in [-0.1, -0.05) is 35.9 Å². The summed E-state index contributed by atoms with van der Waals surface area (Å²) in [6, 6.07) is 13.8. The first-order valence-corrected chi connectivity index (χ1v) is 8.13. The van der Waals surface area contributed by atoms with E-state index in [0.29, 0.717) is 15.7 Å². The topological polar surface area (TPSA) is 80.4 Å². The third-order valence-corrected chi connectivity index (χ3v) is 4.14. The van der Waals surface area contributed by atoms with Gasteiger partial charge in [0.2, 0.25) is 5.13 Å². The molecule has 0 saturated heterocycles. The van der Waals surface area contributed by atoms with Crippen LogP contribution in [0.5, 0.6) is 0 Å². The Morgan fingerprint density at radius 3 is 2.71 bits per heavy atom. The average molecular weight is 359 g/mol. The van der Waals surface area contributed by atoms with Crippen LogP contribution in [-0.4, -0.2) is 16.1 Å². The molecule has 0 fully saturated rings. The van der Waals surface area contributed by atoms with E-state index in [1.165, 1.54) is 23.6 Å². The second-order valence-corrected chi connectivity index (χ2v) is 6.03. The van der Waals surface area contributed by atoms with Crippen LogP contribution in [-0.2, 0) is 0 Å². The van der Waals surface area contributed by atoms with Gasteiger partial charge in [-0.25, -0.2) is 4.98 Å². The Morgan fingerprint density at radius 1 is 1.21 bits per heavy atom. The van der Waals surface area contributed by atoms with Crippen molar-refractivity contribution in [2.75, 3.05) is 5.43 Å². The summed E-state index contributed by atoms with van der Waals surface area (Å²) in [6.07, 6.45) is 1.40. The van der Waals surface area contributed by atoms with Gasteiger partial charge in [0.05, 0.1) is 22.4 Å². The molecule has 24 heavy (non-hydrogen) atoms. The molecule has 120 valence electrons. The van der Waals surface area contributed by atoms with Crippen molar-refractivity contribution >= 4 is 40.0 Å². The molecule has 0 aliphatic heterocycles. The van der Waals surface area contributed by atoms with Crippen molar-refractivity contribution < 1.29 is 4.92 Å². The molecule has 2 aromatic carbocycles. The molecule has 0 aliphatic carbocycles. The molecule has 1 N–H and O–H groups in total. The van der Waals surface area contributed by atoms with Crippen molar-refractivity contribution in [1.82, 2.24) is 4.98 Å². The van der Waals surface area contributed by atoms with Crippen LogP contribution in [0.4, 0.5) is 10.8 Å². The first kappa shape index (κ1) is 16.1. The van der Waals surface area contributed by atoms with Crippen molar-refractivity contribution in [1.29, 1.82) is 0 Å². The maximum atomic E-state index is 10.9. The van der Waals surface area contributed by atoms with Crippen LogP contribution >= 0.6 is 22.9 Å². The smallest absolute Gasteiger partial charge is 0.258 e. The highest BCUT2D eigenvalue weighted by Gasteiger charge is 2.10. The maximum Gasteiger partial charge on any atom is 0.278 e. The van der Waals surface area contributed by atoms with E-state index in [9.17, 15) is 10.1 Å². The minimum absolute atomic E-state index is 0.00374. The summed E-state index contributed by atoms with van der Waals surface area (Å²) in [7, 11) is 0. The second-order valence-electron chi connectivity index (χ2n) is 4.73. The number of hydrogen-bond acceptors (Lipinski definition) is 6. The molecule has 1 heterocycles. The fourth-order valence-corrected chi connectivity index (χ4v) is 2.79. The summed E-state index contributed by atoms with van der Waals surface area (Å²) in [4.78, 5) is 14.9. The highest BCUT2D eigenvalue weighted by atomic mass is 35.5. The molecular weight excluding hydrogens is 348 g/mol. The van der Waals surface area contributed by atoms with Crippen LogP contribution < -0.4 is 5.43 Å². The number of rotatable bonds is 5. The quantitative estimate of drug-likeness (QED) is 0.403. The number of nitrogens with one attached hydrogen (secondary N) is 1. The fraction of sp³-hybridized carbons (Fsp3) is 0. The SMILES string of the molecule is O=[N+]([O-])c1ccccc1/C=N/Nc1nc(-c2ccc(Cl)cc2)cs1. The lowest BCUT2D eigenvalue weighted by atomic mass is 10.2. The number of benzene rings is 2. The first-order chi connectivity index (χ1) is 11.6. The van der Waals surface area contributed by atoms with E-state index in [0.717, 1.165) is 11.3 Å². The van der Waals surface area contributed by atoms with Gasteiger partial charge in [0.1, 0.15) is 0 Å². The minimum Gasteiger partial charge on any atom is -0.258 e. The zero-order valence-corrected chi connectivity index (χ0v) is 13.8. The van der Waals surface area contributed by atoms with E-state index < -0.39 is 4.92 Å². The number of halogens is 1. The molecule has 0 atom stereocenters. The van der Waals surface area contributed by atoms with Gasteiger partial charge in [-0.3, -0.25) is 15.5 Å². The fourth-order valence-electron chi connectivity index (χ4n) is 2.00. The molecular formula is C16H11ClN4O2S. The standard InChI is InChI=1S/C16H11ClN4O2S/c17-13-7-5-11(6-8-13)14-10-24-16(19-14)20-18-9-12-3-1-2-4-15(12)21(22)23/h1-10H,(H,19,20)/b18-9+. The van der Waals surface area contributed by atoms with E-state index in [1.807, 2.05) is 17.5 Å². The predicted octanol–water partition coefficient (Wildman–Crippen LogP) is 4.82. The molecule has 0 amide bonds. The lowest BCUT2D eigenvalue weighted by Crippen LogP contribution is -1.96. The third kappa shape index (κ3) is 3.76. The van der Waals surface area contributed by atoms with Gasteiger partial charge >= 0.3 is 0 Å². The zero-order chi connectivity index (χ0) is 16.9. The lowest BCUT2D eigenvalue weighted by molar-refractivity contribution is -0.385. The van der Waals surface area contributed by atoms with E-state index in [1.54, 1.807) is 30.3 Å². The number of nitro benzene ring substituents is 1. The molecule has 8 heteroatoms. The summed E-state index contributed by atoms with van der Waals surface area (Å²) < 4.78 is 0. The summed E-state index contributed by atoms with van der Waals surface area (Å²) >= 11 is 7.26. The van der Waals surface area contributed by atoms with Crippen LogP contribution in [0, 0.1) is 10.1 Å². The molecule has 1 aromatic heterocycles. The molecule has 3 rings (SSSR count). The van der Waals surface area contributed by atoms with Gasteiger partial charge < -0.3 is 0 Å². The van der Waals surface area contributed by atoms with Crippen molar-refractivity contribution in [3.05, 3.63) is 74.6 Å². The van der Waals surface area contributed by atoms with Gasteiger partial charge in [-0.15, -0.1) is 11.3 Å². The van der Waals surface area contributed by atoms with E-state index in [4.69, 9.17) is 11.6 Å². The van der Waals surface area contributed by atoms with Gasteiger partial charge in [-0.2, -0.15) is 5.10 Å². The van der Waals surface area contributed by atoms with Gasteiger partial charge in [0.15, 0.2) is 0 Å². The molecule has 6 nitrogen and oxygen atoms in total. The number of hydrazone groups is 1. The number of hydrogen-bond donors (Lipinski definition) is 1. The number of para-hydroxylation sites is 1. The molecule has 0 spiro atoms. The van der Waals surface area contributed by atoms with Crippen molar-refractivity contribution in [2.45, 2.75) is 0 Å². The van der Waals surface area contributed by atoms with Crippen LogP contribution in [0.2, 0.25) is 5.02 Å². The van der Waals surface area contributed by atoms with Gasteiger partial charge in [-0.05, 0) is 18.2 Å². The molecule has 0 saturated carbocycles. The van der Waals surface area contributed by atoms with Crippen molar-refractivity contribution in [2.24, 2.45) is 5.10 Å². The Kier molecular flexibility index (Phi) is 4.83. The summed E-state index contributed by atoms with van der Waals surface area (Å²) in [5.74, 6) is 0. The van der Waals surface area contributed by atoms with Crippen molar-refractivity contribution in [3.8, 4) is 11.3 Å². The number of nitro groups is 1. The summed E-state index contributed by atoms with van der Waals surface area (Å²) in [6.45, 7) is 0. The monoisotopic (exact) mass is 358 g/mol. The minimum atomic E-state index is -0.441. The van der Waals surface area contributed by atoms with E-state index in [-0.39, 0.29) is 5.69 Å². The number of aromatic nitrogens is 1. The highest BCUT2D eigenvalue weighted by molar-refractivity contribution is 7.14. The predicted molar refractivity (Wildman–Crippen MR) is 96.9 cm³/mol.